The lowest BCUT2D eigenvalue weighted by atomic mass is 9.98. The highest BCUT2D eigenvalue weighted by atomic mass is 35.5. The quantitative estimate of drug-likeness (QED) is 0.176. The zero-order valence-electron chi connectivity index (χ0n) is 23.8. The third-order valence-corrected chi connectivity index (χ3v) is 8.43. The molecule has 1 aromatic heterocycles. The van der Waals surface area contributed by atoms with E-state index >= 15 is 0 Å². The summed E-state index contributed by atoms with van der Waals surface area (Å²) in [5.74, 6) is -0.112. The maximum atomic E-state index is 12.5. The number of hydrogen-bond acceptors (Lipinski definition) is 5. The van der Waals surface area contributed by atoms with E-state index in [1.165, 1.54) is 0 Å². The van der Waals surface area contributed by atoms with E-state index in [-0.39, 0.29) is 29.9 Å². The largest absolute Gasteiger partial charge is 0.392 e. The van der Waals surface area contributed by atoms with Crippen LogP contribution in [-0.2, 0) is 29.2 Å². The van der Waals surface area contributed by atoms with Crippen LogP contribution in [0.15, 0.2) is 109 Å². The van der Waals surface area contributed by atoms with Gasteiger partial charge in [-0.05, 0) is 52.1 Å². The topological polar surface area (TPSA) is 85.6 Å². The van der Waals surface area contributed by atoms with Crippen LogP contribution in [0.1, 0.15) is 51.4 Å². The van der Waals surface area contributed by atoms with Gasteiger partial charge in [-0.25, -0.2) is 4.98 Å². The fraction of sp³-hybridized carbons (Fsp3) is 0.200. The Morgan fingerprint density at radius 2 is 1.61 bits per heavy atom. The van der Waals surface area contributed by atoms with Gasteiger partial charge in [0, 0.05) is 24.1 Å². The molecule has 224 valence electrons. The van der Waals surface area contributed by atoms with E-state index in [0.29, 0.717) is 30.2 Å². The maximum Gasteiger partial charge on any atom is 0.251 e. The molecule has 6 rings (SSSR count). The molecule has 0 saturated carbocycles. The molecule has 0 radical (unpaired) electrons. The number of aromatic nitrogens is 2. The second-order valence-corrected chi connectivity index (χ2v) is 11.4. The van der Waals surface area contributed by atoms with Gasteiger partial charge in [0.1, 0.15) is 5.15 Å². The first-order valence-corrected chi connectivity index (χ1v) is 15.1. The molecule has 9 heteroatoms. The Hall–Kier alpha value is -3.98. The van der Waals surface area contributed by atoms with Crippen molar-refractivity contribution < 1.29 is 19.4 Å². The molecule has 0 aliphatic carbocycles. The Labute approximate surface area is 266 Å². The minimum absolute atomic E-state index is 0.0204. The maximum absolute atomic E-state index is 12.5. The molecule has 4 aromatic carbocycles. The van der Waals surface area contributed by atoms with Gasteiger partial charge < -0.3 is 24.5 Å². The molecule has 0 bridgehead atoms. The monoisotopic (exact) mass is 627 g/mol. The number of aliphatic hydroxyl groups is 1. The lowest BCUT2D eigenvalue weighted by Crippen LogP contribution is -2.32. The van der Waals surface area contributed by atoms with Crippen molar-refractivity contribution in [3.05, 3.63) is 148 Å². The molecule has 1 aliphatic heterocycles. The van der Waals surface area contributed by atoms with Crippen molar-refractivity contribution in [1.29, 1.82) is 0 Å². The van der Waals surface area contributed by atoms with Crippen LogP contribution in [0.25, 0.3) is 11.1 Å². The molecule has 44 heavy (non-hydrogen) atoms. The van der Waals surface area contributed by atoms with Crippen LogP contribution in [0, 0.1) is 0 Å². The molecule has 3 atom stereocenters. The summed E-state index contributed by atoms with van der Waals surface area (Å²) in [6, 6.07) is 33.2. The predicted octanol–water partition coefficient (Wildman–Crippen LogP) is 7.52. The first-order valence-electron chi connectivity index (χ1n) is 14.4. The standard InChI is InChI=1S/C35H31Cl2N3O4/c36-32-33(37)40(22-39-32)20-30-18-31(25-14-12-23(21-41)13-15-25)44-35(43-30)29-11-5-10-28(17-29)27-9-4-6-24(16-27)19-38-34(42)26-7-2-1-3-8-26/h1-17,22,30-31,35,41H,18-21H2,(H,38,42). The fourth-order valence-electron chi connectivity index (χ4n) is 5.32. The molecule has 1 fully saturated rings. The van der Waals surface area contributed by atoms with E-state index in [2.05, 4.69) is 22.4 Å². The Bertz CT molecular complexity index is 1730. The average molecular weight is 629 g/mol. The minimum Gasteiger partial charge on any atom is -0.392 e. The summed E-state index contributed by atoms with van der Waals surface area (Å²) in [4.78, 5) is 16.7. The van der Waals surface area contributed by atoms with E-state index < -0.39 is 6.29 Å². The highest BCUT2D eigenvalue weighted by Crippen LogP contribution is 2.39. The van der Waals surface area contributed by atoms with Crippen molar-refractivity contribution in [1.82, 2.24) is 14.9 Å². The van der Waals surface area contributed by atoms with Crippen molar-refractivity contribution in [3.63, 3.8) is 0 Å². The summed E-state index contributed by atoms with van der Waals surface area (Å²) < 4.78 is 14.8. The number of halogens is 2. The number of imidazole rings is 1. The van der Waals surface area contributed by atoms with Crippen LogP contribution in [0.2, 0.25) is 10.3 Å². The van der Waals surface area contributed by atoms with E-state index in [1.807, 2.05) is 78.9 Å². The second-order valence-electron chi connectivity index (χ2n) is 10.7. The zero-order chi connectivity index (χ0) is 30.5. The molecule has 1 saturated heterocycles. The Morgan fingerprint density at radius 3 is 2.34 bits per heavy atom. The highest BCUT2D eigenvalue weighted by Gasteiger charge is 2.33. The SMILES string of the molecule is O=C(NCc1cccc(-c2cccc(C3OC(Cn4cnc(Cl)c4Cl)CC(c4ccc(CO)cc4)O3)c2)c1)c1ccccc1. The lowest BCUT2D eigenvalue weighted by Gasteiger charge is -2.36. The number of nitrogens with one attached hydrogen (secondary N) is 1. The second kappa shape index (κ2) is 13.8. The van der Waals surface area contributed by atoms with Crippen molar-refractivity contribution in [2.75, 3.05) is 0 Å². The summed E-state index contributed by atoms with van der Waals surface area (Å²) in [6.45, 7) is 0.850. The fourth-order valence-corrected chi connectivity index (χ4v) is 5.64. The molecule has 0 spiro atoms. The number of carbonyl (C=O) groups excluding carboxylic acids is 1. The molecule has 2 heterocycles. The van der Waals surface area contributed by atoms with Gasteiger partial charge in [0.05, 0.1) is 31.7 Å². The van der Waals surface area contributed by atoms with Crippen LogP contribution >= 0.6 is 23.2 Å². The van der Waals surface area contributed by atoms with Gasteiger partial charge >= 0.3 is 0 Å². The highest BCUT2D eigenvalue weighted by molar-refractivity contribution is 6.40. The molecular weight excluding hydrogens is 597 g/mol. The van der Waals surface area contributed by atoms with Crippen molar-refractivity contribution in [2.24, 2.45) is 0 Å². The zero-order valence-corrected chi connectivity index (χ0v) is 25.3. The average Bonchev–Trinajstić information content (AvgIpc) is 3.39. The first kappa shape index (κ1) is 30.1. The Morgan fingerprint density at radius 1 is 0.864 bits per heavy atom. The van der Waals surface area contributed by atoms with Crippen LogP contribution in [0.5, 0.6) is 0 Å². The molecular formula is C35H31Cl2N3O4. The Kier molecular flexibility index (Phi) is 9.40. The number of benzene rings is 4. The summed E-state index contributed by atoms with van der Waals surface area (Å²) in [7, 11) is 0. The van der Waals surface area contributed by atoms with Gasteiger partial charge in [-0.15, -0.1) is 0 Å². The number of aliphatic hydroxyl groups excluding tert-OH is 1. The van der Waals surface area contributed by atoms with Gasteiger partial charge in [-0.3, -0.25) is 4.79 Å². The van der Waals surface area contributed by atoms with Gasteiger partial charge in [-0.1, -0.05) is 102 Å². The minimum atomic E-state index is -0.637. The van der Waals surface area contributed by atoms with E-state index in [4.69, 9.17) is 32.7 Å². The number of hydrogen-bond donors (Lipinski definition) is 2. The number of ether oxygens (including phenoxy) is 2. The molecule has 2 N–H and O–H groups in total. The summed E-state index contributed by atoms with van der Waals surface area (Å²) >= 11 is 12.5. The summed E-state index contributed by atoms with van der Waals surface area (Å²) in [5, 5.41) is 13.1. The first-order chi connectivity index (χ1) is 21.5. The van der Waals surface area contributed by atoms with Gasteiger partial charge in [0.2, 0.25) is 0 Å². The number of amides is 1. The molecule has 3 unspecified atom stereocenters. The third-order valence-electron chi connectivity index (χ3n) is 7.66. The molecule has 7 nitrogen and oxygen atoms in total. The molecule has 5 aromatic rings. The molecule has 1 amide bonds. The number of carbonyl (C=O) groups is 1. The van der Waals surface area contributed by atoms with Crippen molar-refractivity contribution in [2.45, 2.75) is 44.6 Å². The smallest absolute Gasteiger partial charge is 0.251 e. The normalized spacial score (nSPS) is 18.2. The van der Waals surface area contributed by atoms with Crippen LogP contribution in [0.3, 0.4) is 0 Å². The van der Waals surface area contributed by atoms with E-state index in [0.717, 1.165) is 33.4 Å². The number of nitrogens with zero attached hydrogens (tertiary/aromatic N) is 2. The van der Waals surface area contributed by atoms with Gasteiger partial charge in [-0.2, -0.15) is 0 Å². The predicted molar refractivity (Wildman–Crippen MR) is 170 cm³/mol. The van der Waals surface area contributed by atoms with E-state index in [9.17, 15) is 9.90 Å². The van der Waals surface area contributed by atoms with Crippen LogP contribution in [0.4, 0.5) is 0 Å². The number of rotatable bonds is 9. The van der Waals surface area contributed by atoms with Crippen molar-refractivity contribution in [3.8, 4) is 11.1 Å². The summed E-state index contributed by atoms with van der Waals surface area (Å²) in [6.07, 6.45) is 1.09. The third kappa shape index (κ3) is 7.04. The van der Waals surface area contributed by atoms with Gasteiger partial charge in [0.15, 0.2) is 11.4 Å². The Balaban J connectivity index is 1.22. The van der Waals surface area contributed by atoms with Crippen molar-refractivity contribution >= 4 is 29.1 Å². The van der Waals surface area contributed by atoms with E-state index in [1.54, 1.807) is 23.0 Å². The summed E-state index contributed by atoms with van der Waals surface area (Å²) in [5.41, 5.74) is 6.34. The lowest BCUT2D eigenvalue weighted by molar-refractivity contribution is -0.252. The molecule has 1 aliphatic rings. The van der Waals surface area contributed by atoms with Gasteiger partial charge in [0.25, 0.3) is 5.91 Å². The van der Waals surface area contributed by atoms with Crippen LogP contribution < -0.4 is 5.32 Å². The van der Waals surface area contributed by atoms with Crippen LogP contribution in [-0.4, -0.2) is 26.7 Å².